The van der Waals surface area contributed by atoms with Crippen molar-refractivity contribution in [3.8, 4) is 5.75 Å². The molecule has 7 nitrogen and oxygen atoms in total. The molecule has 1 saturated heterocycles. The first-order chi connectivity index (χ1) is 16.5. The predicted octanol–water partition coefficient (Wildman–Crippen LogP) is 3.80. The molecule has 0 aliphatic carbocycles. The Morgan fingerprint density at radius 1 is 1.06 bits per heavy atom. The van der Waals surface area contributed by atoms with Gasteiger partial charge in [-0.1, -0.05) is 24.3 Å². The van der Waals surface area contributed by atoms with E-state index in [1.54, 1.807) is 19.2 Å². The number of methoxy groups -OCH3 is 1. The van der Waals surface area contributed by atoms with Crippen molar-refractivity contribution >= 4 is 27.3 Å². The van der Waals surface area contributed by atoms with Crippen molar-refractivity contribution in [2.24, 2.45) is 0 Å². The molecule has 2 heterocycles. The molecule has 9 heteroatoms. The lowest BCUT2D eigenvalue weighted by molar-refractivity contribution is 0.0937. The number of likely N-dealkylation sites (tertiary alicyclic amines) is 1. The number of rotatable bonds is 10. The lowest BCUT2D eigenvalue weighted by Gasteiger charge is -2.29. The summed E-state index contributed by atoms with van der Waals surface area (Å²) in [4.78, 5) is 16.3. The Morgan fingerprint density at radius 3 is 2.47 bits per heavy atom. The molecule has 3 aromatic rings. The Hall–Kier alpha value is -2.72. The van der Waals surface area contributed by atoms with Gasteiger partial charge in [-0.25, -0.2) is 13.1 Å². The van der Waals surface area contributed by atoms with Gasteiger partial charge in [0.05, 0.1) is 18.0 Å². The van der Waals surface area contributed by atoms with Crippen molar-refractivity contribution < 1.29 is 17.9 Å². The maximum absolute atomic E-state index is 12.9. The summed E-state index contributed by atoms with van der Waals surface area (Å²) in [7, 11) is -2.00. The van der Waals surface area contributed by atoms with E-state index < -0.39 is 10.0 Å². The van der Waals surface area contributed by atoms with E-state index in [1.807, 2.05) is 41.8 Å². The molecule has 1 unspecified atom stereocenters. The van der Waals surface area contributed by atoms with Crippen LogP contribution in [-0.4, -0.2) is 46.0 Å². The zero-order valence-corrected chi connectivity index (χ0v) is 20.7. The van der Waals surface area contributed by atoms with Gasteiger partial charge in [0.2, 0.25) is 10.0 Å². The van der Waals surface area contributed by atoms with Crippen molar-refractivity contribution in [3.05, 3.63) is 82.0 Å². The standard InChI is InChI=1S/C25H29N3O4S2/c1-32-24-9-3-2-8-22(24)23(28-14-4-5-15-28)18-26-25(29)19-10-12-21(13-11-19)34(30,31)27-17-20-7-6-16-33-20/h2-3,6-13,16,23,27H,4-5,14-15,17-18H2,1H3,(H,26,29). The molecule has 34 heavy (non-hydrogen) atoms. The van der Waals surface area contributed by atoms with Crippen LogP contribution in [0.3, 0.4) is 0 Å². The van der Waals surface area contributed by atoms with E-state index in [-0.39, 0.29) is 23.4 Å². The van der Waals surface area contributed by atoms with Crippen LogP contribution < -0.4 is 14.8 Å². The van der Waals surface area contributed by atoms with Crippen LogP contribution in [-0.2, 0) is 16.6 Å². The van der Waals surface area contributed by atoms with Gasteiger partial charge in [0, 0.05) is 29.1 Å². The van der Waals surface area contributed by atoms with Gasteiger partial charge in [-0.05, 0) is 67.7 Å². The van der Waals surface area contributed by atoms with Gasteiger partial charge in [0.1, 0.15) is 5.75 Å². The summed E-state index contributed by atoms with van der Waals surface area (Å²) in [6.45, 7) is 2.62. The minimum Gasteiger partial charge on any atom is -0.496 e. The van der Waals surface area contributed by atoms with Crippen molar-refractivity contribution in [1.82, 2.24) is 14.9 Å². The molecular formula is C25H29N3O4S2. The quantitative estimate of drug-likeness (QED) is 0.443. The smallest absolute Gasteiger partial charge is 0.251 e. The molecule has 4 rings (SSSR count). The number of nitrogens with one attached hydrogen (secondary N) is 2. The number of sulfonamides is 1. The molecule has 180 valence electrons. The average molecular weight is 500 g/mol. The van der Waals surface area contributed by atoms with E-state index in [2.05, 4.69) is 14.9 Å². The molecule has 1 amide bonds. The lowest BCUT2D eigenvalue weighted by atomic mass is 10.0. The van der Waals surface area contributed by atoms with Crippen LogP contribution in [0.2, 0.25) is 0 Å². The van der Waals surface area contributed by atoms with Crippen molar-refractivity contribution in [2.75, 3.05) is 26.7 Å². The van der Waals surface area contributed by atoms with Gasteiger partial charge in [-0.2, -0.15) is 0 Å². The molecule has 0 bridgehead atoms. The summed E-state index contributed by atoms with van der Waals surface area (Å²) in [5, 5.41) is 4.93. The summed E-state index contributed by atoms with van der Waals surface area (Å²) in [5.74, 6) is 0.563. The first-order valence-corrected chi connectivity index (χ1v) is 13.6. The van der Waals surface area contributed by atoms with Gasteiger partial charge in [0.25, 0.3) is 5.91 Å². The summed E-state index contributed by atoms with van der Waals surface area (Å²) < 4.78 is 33.3. The van der Waals surface area contributed by atoms with E-state index in [4.69, 9.17) is 4.74 Å². The molecule has 1 fully saturated rings. The summed E-state index contributed by atoms with van der Waals surface area (Å²) >= 11 is 1.49. The van der Waals surface area contributed by atoms with Gasteiger partial charge in [0.15, 0.2) is 0 Å². The number of hydrogen-bond acceptors (Lipinski definition) is 6. The highest BCUT2D eigenvalue weighted by molar-refractivity contribution is 7.89. The second kappa shape index (κ2) is 11.1. The Balaban J connectivity index is 1.42. The number of carbonyl (C=O) groups excluding carboxylic acids is 1. The van der Waals surface area contributed by atoms with E-state index in [0.29, 0.717) is 12.1 Å². The molecule has 1 atom stereocenters. The Kier molecular flexibility index (Phi) is 7.99. The van der Waals surface area contributed by atoms with Gasteiger partial charge in [-0.3, -0.25) is 9.69 Å². The average Bonchev–Trinajstić information content (AvgIpc) is 3.58. The summed E-state index contributed by atoms with van der Waals surface area (Å²) in [6, 6.07) is 17.7. The number of amides is 1. The first kappa shape index (κ1) is 24.4. The van der Waals surface area contributed by atoms with Crippen LogP contribution in [0.15, 0.2) is 70.9 Å². The number of nitrogens with zero attached hydrogens (tertiary/aromatic N) is 1. The van der Waals surface area contributed by atoms with Crippen LogP contribution in [0, 0.1) is 0 Å². The van der Waals surface area contributed by atoms with Gasteiger partial charge < -0.3 is 10.1 Å². The Morgan fingerprint density at radius 2 is 1.79 bits per heavy atom. The zero-order chi connectivity index (χ0) is 24.0. The molecule has 1 aromatic heterocycles. The second-order valence-corrected chi connectivity index (χ2v) is 10.9. The summed E-state index contributed by atoms with van der Waals surface area (Å²) in [5.41, 5.74) is 1.46. The van der Waals surface area contributed by atoms with Crippen LogP contribution in [0.25, 0.3) is 0 Å². The number of para-hydroxylation sites is 1. The molecular weight excluding hydrogens is 470 g/mol. The predicted molar refractivity (Wildman–Crippen MR) is 134 cm³/mol. The fourth-order valence-electron chi connectivity index (χ4n) is 4.17. The minimum atomic E-state index is -3.65. The molecule has 2 N–H and O–H groups in total. The zero-order valence-electron chi connectivity index (χ0n) is 19.1. The van der Waals surface area contributed by atoms with Crippen LogP contribution in [0.4, 0.5) is 0 Å². The molecule has 0 radical (unpaired) electrons. The third-order valence-corrected chi connectivity index (χ3v) is 8.27. The lowest BCUT2D eigenvalue weighted by Crippen LogP contribution is -2.37. The number of carbonyl (C=O) groups is 1. The van der Waals surface area contributed by atoms with E-state index in [9.17, 15) is 13.2 Å². The normalized spacial score (nSPS) is 15.2. The summed E-state index contributed by atoms with van der Waals surface area (Å²) in [6.07, 6.45) is 2.27. The van der Waals surface area contributed by atoms with E-state index in [1.165, 1.54) is 23.5 Å². The van der Waals surface area contributed by atoms with Crippen LogP contribution >= 0.6 is 11.3 Å². The largest absolute Gasteiger partial charge is 0.496 e. The molecule has 1 aliphatic heterocycles. The maximum Gasteiger partial charge on any atom is 0.251 e. The Labute approximate surface area is 204 Å². The Bertz CT molecular complexity index is 1190. The van der Waals surface area contributed by atoms with E-state index >= 15 is 0 Å². The minimum absolute atomic E-state index is 0.00343. The fourth-order valence-corrected chi connectivity index (χ4v) is 5.91. The third kappa shape index (κ3) is 5.85. The first-order valence-electron chi connectivity index (χ1n) is 11.3. The second-order valence-electron chi connectivity index (χ2n) is 8.14. The monoisotopic (exact) mass is 499 g/mol. The third-order valence-electron chi connectivity index (χ3n) is 5.98. The molecule has 0 saturated carbocycles. The topological polar surface area (TPSA) is 87.7 Å². The number of hydrogen-bond donors (Lipinski definition) is 2. The van der Waals surface area contributed by atoms with Crippen LogP contribution in [0.5, 0.6) is 5.75 Å². The maximum atomic E-state index is 12.9. The van der Waals surface area contributed by atoms with Crippen molar-refractivity contribution in [3.63, 3.8) is 0 Å². The highest BCUT2D eigenvalue weighted by Gasteiger charge is 2.26. The molecule has 2 aromatic carbocycles. The highest BCUT2D eigenvalue weighted by Crippen LogP contribution is 2.31. The van der Waals surface area contributed by atoms with Gasteiger partial charge >= 0.3 is 0 Å². The number of ether oxygens (including phenoxy) is 1. The van der Waals surface area contributed by atoms with Crippen molar-refractivity contribution in [1.29, 1.82) is 0 Å². The van der Waals surface area contributed by atoms with Gasteiger partial charge in [-0.15, -0.1) is 11.3 Å². The van der Waals surface area contributed by atoms with Crippen molar-refractivity contribution in [2.45, 2.75) is 30.3 Å². The highest BCUT2D eigenvalue weighted by atomic mass is 32.2. The fraction of sp³-hybridized carbons (Fsp3) is 0.320. The molecule has 1 aliphatic rings. The number of thiophene rings is 1. The van der Waals surface area contributed by atoms with E-state index in [0.717, 1.165) is 42.1 Å². The SMILES string of the molecule is COc1ccccc1C(CNC(=O)c1ccc(S(=O)(=O)NCc2cccs2)cc1)N1CCCC1. The van der Waals surface area contributed by atoms with Crippen LogP contribution in [0.1, 0.15) is 39.7 Å². The number of benzene rings is 2. The molecule has 0 spiro atoms.